The number of nitrogens with one attached hydrogen (secondary N) is 1. The van der Waals surface area contributed by atoms with Crippen LogP contribution < -0.4 is 11.3 Å². The van der Waals surface area contributed by atoms with Gasteiger partial charge in [0, 0.05) is 28.0 Å². The van der Waals surface area contributed by atoms with Gasteiger partial charge in [-0.15, -0.1) is 11.8 Å². The van der Waals surface area contributed by atoms with Crippen LogP contribution >= 0.6 is 11.8 Å². The number of nitrogens with two attached hydrogens (primary N) is 1. The molecule has 2 unspecified atom stereocenters. The molecule has 1 fully saturated rings. The number of H-pyrrole nitrogens is 1. The van der Waals surface area contributed by atoms with Crippen LogP contribution in [0.3, 0.4) is 0 Å². The molecular weight excluding hydrogens is 360 g/mol. The predicted molar refractivity (Wildman–Crippen MR) is 110 cm³/mol. The summed E-state index contributed by atoms with van der Waals surface area (Å²) in [5.41, 5.74) is 10.9. The third-order valence-corrected chi connectivity index (χ3v) is 7.02. The molecule has 1 aromatic carbocycles. The molecule has 2 aromatic rings. The minimum absolute atomic E-state index is 0.150. The van der Waals surface area contributed by atoms with Gasteiger partial charge >= 0.3 is 0 Å². The molecule has 5 nitrogen and oxygen atoms in total. The normalized spacial score (nSPS) is 19.4. The zero-order chi connectivity index (χ0) is 19.9. The number of hydrogen-bond donors (Lipinski definition) is 2. The third kappa shape index (κ3) is 3.69. The highest BCUT2D eigenvalue weighted by atomic mass is 32.2. The van der Waals surface area contributed by atoms with Crippen molar-refractivity contribution in [2.45, 2.75) is 57.3 Å². The van der Waals surface area contributed by atoms with Crippen molar-refractivity contribution in [3.63, 3.8) is 0 Å². The van der Waals surface area contributed by atoms with E-state index >= 15 is 0 Å². The Balaban J connectivity index is 2.24. The second-order valence-corrected chi connectivity index (χ2v) is 8.52. The molecular formula is C21H26N2O3S. The highest BCUT2D eigenvalue weighted by Crippen LogP contribution is 2.41. The summed E-state index contributed by atoms with van der Waals surface area (Å²) in [7, 11) is 0. The van der Waals surface area contributed by atoms with Crippen molar-refractivity contribution < 1.29 is 9.53 Å². The molecule has 0 aliphatic carbocycles. The highest BCUT2D eigenvalue weighted by molar-refractivity contribution is 8.00. The Kier molecular flexibility index (Phi) is 5.49. The molecule has 0 spiro atoms. The number of carbonyl (C=O) groups is 1. The molecule has 0 saturated carbocycles. The lowest BCUT2D eigenvalue weighted by atomic mass is 9.93. The molecule has 1 aromatic heterocycles. The predicted octanol–water partition coefficient (Wildman–Crippen LogP) is 3.64. The maximum absolute atomic E-state index is 12.7. The molecule has 1 aliphatic rings. The van der Waals surface area contributed by atoms with Gasteiger partial charge in [0.2, 0.25) is 5.91 Å². The van der Waals surface area contributed by atoms with Crippen molar-refractivity contribution in [3.8, 4) is 11.1 Å². The van der Waals surface area contributed by atoms with Gasteiger partial charge in [-0.2, -0.15) is 0 Å². The summed E-state index contributed by atoms with van der Waals surface area (Å²) < 4.78 is 5.69. The van der Waals surface area contributed by atoms with Crippen LogP contribution in [0.4, 0.5) is 0 Å². The van der Waals surface area contributed by atoms with E-state index in [9.17, 15) is 9.59 Å². The van der Waals surface area contributed by atoms with Gasteiger partial charge in [-0.25, -0.2) is 0 Å². The van der Waals surface area contributed by atoms with Crippen molar-refractivity contribution >= 4 is 17.7 Å². The second kappa shape index (κ2) is 7.52. The van der Waals surface area contributed by atoms with E-state index in [1.807, 2.05) is 33.8 Å². The number of primary amides is 1. The molecule has 1 amide bonds. The Morgan fingerprint density at radius 2 is 1.93 bits per heavy atom. The number of thioether (sulfide) groups is 1. The van der Waals surface area contributed by atoms with Crippen LogP contribution in [0.5, 0.6) is 0 Å². The molecule has 2 heterocycles. The number of pyridine rings is 1. The number of ether oxygens (including phenoxy) is 1. The van der Waals surface area contributed by atoms with Gasteiger partial charge < -0.3 is 15.5 Å². The fraction of sp³-hybridized carbons (Fsp3) is 0.429. The van der Waals surface area contributed by atoms with E-state index in [1.165, 1.54) is 0 Å². The lowest BCUT2D eigenvalue weighted by molar-refractivity contribution is 0.0999. The van der Waals surface area contributed by atoms with Gasteiger partial charge in [-0.1, -0.05) is 0 Å². The number of rotatable bonds is 4. The van der Waals surface area contributed by atoms with E-state index in [0.717, 1.165) is 45.9 Å². The zero-order valence-corrected chi connectivity index (χ0v) is 17.3. The van der Waals surface area contributed by atoms with E-state index in [2.05, 4.69) is 11.9 Å². The van der Waals surface area contributed by atoms with E-state index < -0.39 is 5.91 Å². The Morgan fingerprint density at radius 3 is 2.48 bits per heavy atom. The summed E-state index contributed by atoms with van der Waals surface area (Å²) in [5, 5.41) is 0.316. The monoisotopic (exact) mass is 386 g/mol. The number of aromatic amines is 1. The van der Waals surface area contributed by atoms with Crippen LogP contribution in [-0.2, 0) is 4.74 Å². The van der Waals surface area contributed by atoms with Crippen LogP contribution in [0.2, 0.25) is 0 Å². The lowest BCUT2D eigenvalue weighted by Crippen LogP contribution is -2.18. The van der Waals surface area contributed by atoms with Crippen molar-refractivity contribution in [2.24, 2.45) is 5.73 Å². The lowest BCUT2D eigenvalue weighted by Gasteiger charge is -2.21. The summed E-state index contributed by atoms with van der Waals surface area (Å²) in [6, 6.07) is 3.71. The number of carbonyl (C=O) groups excluding carboxylic acids is 1. The van der Waals surface area contributed by atoms with Gasteiger partial charge in [-0.3, -0.25) is 9.59 Å². The van der Waals surface area contributed by atoms with Gasteiger partial charge in [0.25, 0.3) is 5.56 Å². The van der Waals surface area contributed by atoms with Crippen LogP contribution in [0.1, 0.15) is 46.1 Å². The summed E-state index contributed by atoms with van der Waals surface area (Å²) in [5.74, 6) is -0.479. The van der Waals surface area contributed by atoms with Gasteiger partial charge in [0.1, 0.15) is 0 Å². The quantitative estimate of drug-likeness (QED) is 0.840. The average Bonchev–Trinajstić information content (AvgIpc) is 2.97. The summed E-state index contributed by atoms with van der Waals surface area (Å²) in [6.07, 6.45) is 1.12. The van der Waals surface area contributed by atoms with Gasteiger partial charge in [-0.05, 0) is 75.4 Å². The SMILES string of the molecule is Cc1cc(C)c(-c2cc(C(N)=O)c(C)c(SC3CCOC3C)c2C)c(=O)[nH]1. The molecule has 1 saturated heterocycles. The van der Waals surface area contributed by atoms with Crippen molar-refractivity contribution in [1.29, 1.82) is 0 Å². The molecule has 2 atom stereocenters. The minimum atomic E-state index is -0.479. The Labute approximate surface area is 163 Å². The maximum atomic E-state index is 12.7. The molecule has 3 rings (SSSR count). The van der Waals surface area contributed by atoms with Crippen molar-refractivity contribution in [3.05, 3.63) is 50.4 Å². The molecule has 1 aliphatic heterocycles. The van der Waals surface area contributed by atoms with Crippen LogP contribution in [0, 0.1) is 27.7 Å². The minimum Gasteiger partial charge on any atom is -0.377 e. The largest absolute Gasteiger partial charge is 0.377 e. The van der Waals surface area contributed by atoms with Crippen molar-refractivity contribution in [1.82, 2.24) is 4.98 Å². The number of hydrogen-bond acceptors (Lipinski definition) is 4. The smallest absolute Gasteiger partial charge is 0.256 e. The first-order valence-corrected chi connectivity index (χ1v) is 10.0. The molecule has 144 valence electrons. The molecule has 0 bridgehead atoms. The maximum Gasteiger partial charge on any atom is 0.256 e. The molecule has 3 N–H and O–H groups in total. The van der Waals surface area contributed by atoms with E-state index in [0.29, 0.717) is 16.4 Å². The summed E-state index contributed by atoms with van der Waals surface area (Å²) in [6.45, 7) is 10.5. The first-order valence-electron chi connectivity index (χ1n) is 9.13. The fourth-order valence-electron chi connectivity index (χ4n) is 3.79. The van der Waals surface area contributed by atoms with E-state index in [-0.39, 0.29) is 11.7 Å². The average molecular weight is 387 g/mol. The Bertz CT molecular complexity index is 965. The number of amides is 1. The van der Waals surface area contributed by atoms with E-state index in [4.69, 9.17) is 10.5 Å². The van der Waals surface area contributed by atoms with Crippen LogP contribution in [-0.4, -0.2) is 28.9 Å². The Morgan fingerprint density at radius 1 is 1.22 bits per heavy atom. The second-order valence-electron chi connectivity index (χ2n) is 7.28. The van der Waals surface area contributed by atoms with Crippen LogP contribution in [0.25, 0.3) is 11.1 Å². The molecule has 0 radical (unpaired) electrons. The summed E-state index contributed by atoms with van der Waals surface area (Å²) >= 11 is 1.72. The van der Waals surface area contributed by atoms with Gasteiger partial charge in [0.05, 0.1) is 11.7 Å². The standard InChI is InChI=1S/C21H26N2O3S/c1-10-8-11(2)23-21(25)18(10)15-9-16(20(22)24)13(4)19(12(15)3)27-17-6-7-26-14(17)5/h8-9,14,17H,6-7H2,1-5H3,(H2,22,24)(H,23,25). The highest BCUT2D eigenvalue weighted by Gasteiger charge is 2.28. The topological polar surface area (TPSA) is 85.2 Å². The number of benzene rings is 1. The Hall–Kier alpha value is -2.05. The zero-order valence-electron chi connectivity index (χ0n) is 16.4. The molecule has 6 heteroatoms. The first-order chi connectivity index (χ1) is 12.7. The molecule has 27 heavy (non-hydrogen) atoms. The third-order valence-electron chi connectivity index (χ3n) is 5.25. The van der Waals surface area contributed by atoms with E-state index in [1.54, 1.807) is 17.8 Å². The van der Waals surface area contributed by atoms with Crippen molar-refractivity contribution in [2.75, 3.05) is 6.61 Å². The summed E-state index contributed by atoms with van der Waals surface area (Å²) in [4.78, 5) is 28.7. The first kappa shape index (κ1) is 19.7. The van der Waals surface area contributed by atoms with Crippen LogP contribution in [0.15, 0.2) is 21.8 Å². The van der Waals surface area contributed by atoms with Gasteiger partial charge in [0.15, 0.2) is 0 Å². The fourth-order valence-corrected chi connectivity index (χ4v) is 5.15. The number of aromatic nitrogens is 1. The number of aryl methyl sites for hydroxylation is 2.